The van der Waals surface area contributed by atoms with Gasteiger partial charge in [0.1, 0.15) is 0 Å². The molecule has 0 amide bonds. The SMILES string of the molecule is C=C(C)C(F)(F)COc1cc(C)co1. The summed E-state index contributed by atoms with van der Waals surface area (Å²) in [7, 11) is 0. The van der Waals surface area contributed by atoms with E-state index in [0.717, 1.165) is 5.56 Å². The van der Waals surface area contributed by atoms with Crippen LogP contribution in [-0.2, 0) is 0 Å². The minimum atomic E-state index is -3.01. The van der Waals surface area contributed by atoms with Crippen molar-refractivity contribution in [1.82, 2.24) is 0 Å². The zero-order valence-electron chi connectivity index (χ0n) is 8.14. The molecule has 2 nitrogen and oxygen atoms in total. The summed E-state index contributed by atoms with van der Waals surface area (Å²) in [5, 5.41) is 0. The first kappa shape index (κ1) is 10.8. The third-order valence-electron chi connectivity index (χ3n) is 1.73. The molecule has 0 spiro atoms. The molecule has 1 rings (SSSR count). The Morgan fingerprint density at radius 1 is 1.64 bits per heavy atom. The highest BCUT2D eigenvalue weighted by Gasteiger charge is 2.31. The maximum atomic E-state index is 13.0. The van der Waals surface area contributed by atoms with Crippen LogP contribution in [0.4, 0.5) is 8.78 Å². The number of halogens is 2. The van der Waals surface area contributed by atoms with Crippen molar-refractivity contribution in [2.24, 2.45) is 0 Å². The molecule has 0 atom stereocenters. The monoisotopic (exact) mass is 202 g/mol. The normalized spacial score (nSPS) is 11.4. The molecule has 1 aromatic heterocycles. The number of alkyl halides is 2. The molecule has 0 radical (unpaired) electrons. The van der Waals surface area contributed by atoms with E-state index in [1.165, 1.54) is 13.2 Å². The summed E-state index contributed by atoms with van der Waals surface area (Å²) in [6.07, 6.45) is 1.44. The van der Waals surface area contributed by atoms with Gasteiger partial charge in [0.15, 0.2) is 6.61 Å². The van der Waals surface area contributed by atoms with Crippen molar-refractivity contribution in [3.05, 3.63) is 30.0 Å². The minimum absolute atomic E-state index is 0.100. The Morgan fingerprint density at radius 3 is 2.71 bits per heavy atom. The fraction of sp³-hybridized carbons (Fsp3) is 0.400. The second kappa shape index (κ2) is 3.82. The van der Waals surface area contributed by atoms with Gasteiger partial charge in [-0.3, -0.25) is 0 Å². The van der Waals surface area contributed by atoms with Crippen molar-refractivity contribution >= 4 is 0 Å². The van der Waals surface area contributed by atoms with Crippen LogP contribution in [0, 0.1) is 6.92 Å². The smallest absolute Gasteiger partial charge is 0.302 e. The molecule has 0 aromatic carbocycles. The first-order valence-corrected chi connectivity index (χ1v) is 4.13. The summed E-state index contributed by atoms with van der Waals surface area (Å²) < 4.78 is 35.6. The highest BCUT2D eigenvalue weighted by Crippen LogP contribution is 2.24. The molecule has 0 aliphatic rings. The molecule has 0 fully saturated rings. The van der Waals surface area contributed by atoms with Crippen LogP contribution in [0.25, 0.3) is 0 Å². The van der Waals surface area contributed by atoms with E-state index in [1.807, 2.05) is 0 Å². The molecule has 14 heavy (non-hydrogen) atoms. The Kier molecular flexibility index (Phi) is 2.93. The van der Waals surface area contributed by atoms with Crippen LogP contribution in [0.2, 0.25) is 0 Å². The summed E-state index contributed by atoms with van der Waals surface area (Å²) >= 11 is 0. The molecule has 78 valence electrons. The number of furan rings is 1. The molecule has 0 unspecified atom stereocenters. The average molecular weight is 202 g/mol. The van der Waals surface area contributed by atoms with E-state index in [9.17, 15) is 8.78 Å². The highest BCUT2D eigenvalue weighted by atomic mass is 19.3. The van der Waals surface area contributed by atoms with E-state index < -0.39 is 12.5 Å². The lowest BCUT2D eigenvalue weighted by Gasteiger charge is -2.15. The molecule has 0 aliphatic carbocycles. The van der Waals surface area contributed by atoms with Gasteiger partial charge >= 0.3 is 5.92 Å². The Hall–Kier alpha value is -1.32. The topological polar surface area (TPSA) is 22.4 Å². The van der Waals surface area contributed by atoms with Crippen LogP contribution in [0.3, 0.4) is 0 Å². The number of aryl methyl sites for hydroxylation is 1. The second-order valence-corrected chi connectivity index (χ2v) is 3.22. The lowest BCUT2D eigenvalue weighted by atomic mass is 10.2. The van der Waals surface area contributed by atoms with Gasteiger partial charge in [-0.25, -0.2) is 0 Å². The Labute approximate surface area is 81.2 Å². The van der Waals surface area contributed by atoms with Crippen molar-refractivity contribution in [2.75, 3.05) is 6.61 Å². The lowest BCUT2D eigenvalue weighted by Crippen LogP contribution is -2.26. The van der Waals surface area contributed by atoms with Crippen molar-refractivity contribution in [1.29, 1.82) is 0 Å². The first-order valence-electron chi connectivity index (χ1n) is 4.13. The van der Waals surface area contributed by atoms with E-state index in [0.29, 0.717) is 0 Å². The number of rotatable bonds is 4. The van der Waals surface area contributed by atoms with Crippen molar-refractivity contribution in [3.63, 3.8) is 0 Å². The van der Waals surface area contributed by atoms with Gasteiger partial charge in [-0.1, -0.05) is 6.58 Å². The Balaban J connectivity index is 2.52. The molecule has 0 bridgehead atoms. The van der Waals surface area contributed by atoms with Gasteiger partial charge in [0, 0.05) is 6.07 Å². The van der Waals surface area contributed by atoms with Gasteiger partial charge < -0.3 is 9.15 Å². The summed E-state index contributed by atoms with van der Waals surface area (Å²) in [6, 6.07) is 1.55. The largest absolute Gasteiger partial charge is 0.458 e. The molecule has 0 saturated carbocycles. The predicted octanol–water partition coefficient (Wildman–Crippen LogP) is 3.18. The summed E-state index contributed by atoms with van der Waals surface area (Å²) in [6.45, 7) is 5.49. The number of hydrogen-bond acceptors (Lipinski definition) is 2. The van der Waals surface area contributed by atoms with Gasteiger partial charge in [-0.05, 0) is 25.0 Å². The third kappa shape index (κ3) is 2.58. The Morgan fingerprint density at radius 2 is 2.29 bits per heavy atom. The van der Waals surface area contributed by atoms with Gasteiger partial charge in [-0.15, -0.1) is 0 Å². The van der Waals surface area contributed by atoms with Crippen LogP contribution in [0.5, 0.6) is 5.95 Å². The Bertz CT molecular complexity index is 329. The second-order valence-electron chi connectivity index (χ2n) is 3.22. The van der Waals surface area contributed by atoms with E-state index in [1.54, 1.807) is 13.0 Å². The first-order chi connectivity index (χ1) is 6.42. The average Bonchev–Trinajstić information content (AvgIpc) is 2.48. The van der Waals surface area contributed by atoms with Gasteiger partial charge in [0.05, 0.1) is 6.26 Å². The molecule has 1 aromatic rings. The van der Waals surface area contributed by atoms with Crippen LogP contribution in [0.1, 0.15) is 12.5 Å². The third-order valence-corrected chi connectivity index (χ3v) is 1.73. The van der Waals surface area contributed by atoms with Crippen LogP contribution in [0.15, 0.2) is 28.9 Å². The minimum Gasteiger partial charge on any atom is -0.458 e. The van der Waals surface area contributed by atoms with Crippen LogP contribution < -0.4 is 4.74 Å². The van der Waals surface area contributed by atoms with E-state index in [2.05, 4.69) is 6.58 Å². The molecule has 0 N–H and O–H groups in total. The molecular weight excluding hydrogens is 190 g/mol. The summed E-state index contributed by atoms with van der Waals surface area (Å²) in [5.41, 5.74) is 0.611. The molecule has 4 heteroatoms. The van der Waals surface area contributed by atoms with Crippen LogP contribution in [-0.4, -0.2) is 12.5 Å². The zero-order chi connectivity index (χ0) is 10.8. The molecular formula is C10H12F2O2. The van der Waals surface area contributed by atoms with E-state index >= 15 is 0 Å². The lowest BCUT2D eigenvalue weighted by molar-refractivity contribution is -0.0126. The van der Waals surface area contributed by atoms with Crippen molar-refractivity contribution < 1.29 is 17.9 Å². The van der Waals surface area contributed by atoms with Crippen molar-refractivity contribution in [3.8, 4) is 5.95 Å². The standard InChI is InChI=1S/C10H12F2O2/c1-7(2)10(11,12)6-14-9-4-8(3)5-13-9/h4-5H,1,6H2,2-3H3. The zero-order valence-corrected chi connectivity index (χ0v) is 8.14. The fourth-order valence-corrected chi connectivity index (χ4v) is 0.766. The number of ether oxygens (including phenoxy) is 1. The quantitative estimate of drug-likeness (QED) is 0.699. The van der Waals surface area contributed by atoms with E-state index in [4.69, 9.17) is 9.15 Å². The highest BCUT2D eigenvalue weighted by molar-refractivity contribution is 5.15. The summed E-state index contributed by atoms with van der Waals surface area (Å²) in [5.74, 6) is -2.91. The van der Waals surface area contributed by atoms with Crippen LogP contribution >= 0.6 is 0 Å². The molecule has 0 aliphatic heterocycles. The van der Waals surface area contributed by atoms with Gasteiger partial charge in [-0.2, -0.15) is 8.78 Å². The fourth-order valence-electron chi connectivity index (χ4n) is 0.766. The molecule has 0 saturated heterocycles. The van der Waals surface area contributed by atoms with Gasteiger partial charge in [0.25, 0.3) is 5.95 Å². The van der Waals surface area contributed by atoms with Gasteiger partial charge in [0.2, 0.25) is 0 Å². The van der Waals surface area contributed by atoms with E-state index in [-0.39, 0.29) is 11.5 Å². The van der Waals surface area contributed by atoms with Crippen molar-refractivity contribution in [2.45, 2.75) is 19.8 Å². The number of hydrogen-bond donors (Lipinski definition) is 0. The molecule has 1 heterocycles. The summed E-state index contributed by atoms with van der Waals surface area (Å²) in [4.78, 5) is 0. The predicted molar refractivity (Wildman–Crippen MR) is 48.7 cm³/mol. The maximum absolute atomic E-state index is 13.0. The maximum Gasteiger partial charge on any atom is 0.302 e.